The van der Waals surface area contributed by atoms with Gasteiger partial charge in [0, 0.05) is 11.8 Å². The van der Waals surface area contributed by atoms with Gasteiger partial charge in [0.2, 0.25) is 0 Å². The summed E-state index contributed by atoms with van der Waals surface area (Å²) in [5.41, 5.74) is 3.54. The van der Waals surface area contributed by atoms with Crippen LogP contribution in [-0.4, -0.2) is 9.55 Å². The van der Waals surface area contributed by atoms with Crippen LogP contribution in [0.1, 0.15) is 23.7 Å². The third kappa shape index (κ3) is 2.58. The Hall–Kier alpha value is -1.39. The number of alkyl halides is 1. The highest BCUT2D eigenvalue weighted by atomic mass is 79.9. The fourth-order valence-electron chi connectivity index (χ4n) is 2.40. The molecule has 0 N–H and O–H groups in total. The van der Waals surface area contributed by atoms with E-state index in [1.165, 1.54) is 6.07 Å². The fourth-order valence-corrected chi connectivity index (χ4v) is 2.87. The summed E-state index contributed by atoms with van der Waals surface area (Å²) in [6.07, 6.45) is 0. The summed E-state index contributed by atoms with van der Waals surface area (Å²) in [7, 11) is 0. The predicted octanol–water partition coefficient (Wildman–Crippen LogP) is 5.54. The molecule has 1 atom stereocenters. The molecule has 3 rings (SSSR count). The molecule has 2 aromatic carbocycles. The molecule has 0 aliphatic heterocycles. The summed E-state index contributed by atoms with van der Waals surface area (Å²) >= 11 is 9.49. The first kappa shape index (κ1) is 14.5. The molecule has 0 radical (unpaired) electrons. The second-order valence-corrected chi connectivity index (χ2v) is 6.52. The minimum atomic E-state index is -0.329. The van der Waals surface area contributed by atoms with E-state index in [2.05, 4.69) is 27.0 Å². The van der Waals surface area contributed by atoms with Gasteiger partial charge < -0.3 is 0 Å². The van der Waals surface area contributed by atoms with Gasteiger partial charge in [-0.2, -0.15) is 0 Å². The maximum atomic E-state index is 13.7. The number of hydrogen-bond donors (Lipinski definition) is 0. The minimum Gasteiger partial charge on any atom is -0.295 e. The SMILES string of the molecule is Cc1cccc(-n2c(C(C)Cl)nc3cc(F)c(Br)cc32)c1. The monoisotopic (exact) mass is 366 g/mol. The normalized spacial score (nSPS) is 12.8. The number of nitrogens with zero attached hydrogens (tertiary/aromatic N) is 2. The van der Waals surface area contributed by atoms with Crippen molar-refractivity contribution in [2.45, 2.75) is 19.2 Å². The zero-order valence-electron chi connectivity index (χ0n) is 11.6. The molecule has 0 fully saturated rings. The summed E-state index contributed by atoms with van der Waals surface area (Å²) in [5, 5.41) is -0.278. The third-order valence-corrected chi connectivity index (χ3v) is 4.14. The van der Waals surface area contributed by atoms with Crippen LogP contribution >= 0.6 is 27.5 Å². The molecule has 5 heteroatoms. The van der Waals surface area contributed by atoms with E-state index in [9.17, 15) is 4.39 Å². The summed E-state index contributed by atoms with van der Waals surface area (Å²) in [4.78, 5) is 4.49. The summed E-state index contributed by atoms with van der Waals surface area (Å²) < 4.78 is 16.1. The van der Waals surface area contributed by atoms with Crippen LogP contribution in [0.2, 0.25) is 0 Å². The molecule has 0 amide bonds. The lowest BCUT2D eigenvalue weighted by molar-refractivity contribution is 0.623. The van der Waals surface area contributed by atoms with Crippen LogP contribution in [-0.2, 0) is 0 Å². The molecule has 1 aromatic heterocycles. The second kappa shape index (κ2) is 5.43. The molecule has 0 saturated carbocycles. The van der Waals surface area contributed by atoms with Crippen LogP contribution in [0.25, 0.3) is 16.7 Å². The number of fused-ring (bicyclic) bond motifs is 1. The Balaban J connectivity index is 2.38. The number of halogens is 3. The first-order chi connectivity index (χ1) is 9.97. The van der Waals surface area contributed by atoms with E-state index in [4.69, 9.17) is 11.6 Å². The van der Waals surface area contributed by atoms with Crippen molar-refractivity contribution in [1.82, 2.24) is 9.55 Å². The summed E-state index contributed by atoms with van der Waals surface area (Å²) in [6, 6.07) is 11.2. The first-order valence-electron chi connectivity index (χ1n) is 6.56. The summed E-state index contributed by atoms with van der Waals surface area (Å²) in [5.74, 6) is 0.375. The maximum Gasteiger partial charge on any atom is 0.139 e. The molecule has 0 aliphatic rings. The van der Waals surface area contributed by atoms with Crippen LogP contribution in [0.5, 0.6) is 0 Å². The van der Waals surface area contributed by atoms with Crippen molar-refractivity contribution < 1.29 is 4.39 Å². The van der Waals surface area contributed by atoms with Crippen molar-refractivity contribution in [3.63, 3.8) is 0 Å². The van der Waals surface area contributed by atoms with Crippen LogP contribution in [0, 0.1) is 12.7 Å². The first-order valence-corrected chi connectivity index (χ1v) is 7.79. The molecule has 21 heavy (non-hydrogen) atoms. The smallest absolute Gasteiger partial charge is 0.139 e. The van der Waals surface area contributed by atoms with Gasteiger partial charge in [-0.3, -0.25) is 4.57 Å². The third-order valence-electron chi connectivity index (χ3n) is 3.34. The molecule has 108 valence electrons. The van der Waals surface area contributed by atoms with Gasteiger partial charge in [0.1, 0.15) is 11.6 Å². The van der Waals surface area contributed by atoms with E-state index in [0.717, 1.165) is 16.8 Å². The molecule has 3 aromatic rings. The zero-order valence-corrected chi connectivity index (χ0v) is 13.9. The van der Waals surface area contributed by atoms with Gasteiger partial charge in [0.15, 0.2) is 0 Å². The van der Waals surface area contributed by atoms with E-state index in [1.807, 2.05) is 36.6 Å². The Kier molecular flexibility index (Phi) is 3.76. The maximum absolute atomic E-state index is 13.7. The van der Waals surface area contributed by atoms with Crippen molar-refractivity contribution in [1.29, 1.82) is 0 Å². The number of imidazole rings is 1. The van der Waals surface area contributed by atoms with Crippen LogP contribution in [0.3, 0.4) is 0 Å². The lowest BCUT2D eigenvalue weighted by atomic mass is 10.2. The average molecular weight is 368 g/mol. The van der Waals surface area contributed by atoms with E-state index in [-0.39, 0.29) is 11.2 Å². The minimum absolute atomic E-state index is 0.278. The van der Waals surface area contributed by atoms with Gasteiger partial charge in [-0.05, 0) is 53.5 Å². The molecule has 1 heterocycles. The topological polar surface area (TPSA) is 17.8 Å². The van der Waals surface area contributed by atoms with Gasteiger partial charge in [-0.25, -0.2) is 9.37 Å². The van der Waals surface area contributed by atoms with Gasteiger partial charge in [-0.15, -0.1) is 11.6 Å². The highest BCUT2D eigenvalue weighted by molar-refractivity contribution is 9.10. The lowest BCUT2D eigenvalue weighted by Gasteiger charge is -2.11. The molecular formula is C16H13BrClFN2. The van der Waals surface area contributed by atoms with E-state index >= 15 is 0 Å². The van der Waals surface area contributed by atoms with Crippen LogP contribution in [0.4, 0.5) is 4.39 Å². The molecule has 0 aliphatic carbocycles. The van der Waals surface area contributed by atoms with Gasteiger partial charge in [-0.1, -0.05) is 12.1 Å². The van der Waals surface area contributed by atoms with Crippen molar-refractivity contribution in [3.05, 3.63) is 58.1 Å². The summed E-state index contributed by atoms with van der Waals surface area (Å²) in [6.45, 7) is 3.89. The van der Waals surface area contributed by atoms with Gasteiger partial charge in [0.25, 0.3) is 0 Å². The number of hydrogen-bond acceptors (Lipinski definition) is 1. The molecule has 2 nitrogen and oxygen atoms in total. The Morgan fingerprint density at radius 2 is 2.05 bits per heavy atom. The van der Waals surface area contributed by atoms with Crippen molar-refractivity contribution in [2.24, 2.45) is 0 Å². The Labute approximate surface area is 135 Å². The Morgan fingerprint density at radius 3 is 2.71 bits per heavy atom. The predicted molar refractivity (Wildman–Crippen MR) is 87.7 cm³/mol. The molecule has 0 spiro atoms. The number of aromatic nitrogens is 2. The van der Waals surface area contributed by atoms with E-state index in [0.29, 0.717) is 15.8 Å². The highest BCUT2D eigenvalue weighted by Crippen LogP contribution is 2.31. The number of benzene rings is 2. The van der Waals surface area contributed by atoms with E-state index in [1.54, 1.807) is 6.07 Å². The molecule has 0 saturated heterocycles. The number of rotatable bonds is 2. The van der Waals surface area contributed by atoms with Crippen molar-refractivity contribution in [2.75, 3.05) is 0 Å². The highest BCUT2D eigenvalue weighted by Gasteiger charge is 2.18. The number of aryl methyl sites for hydroxylation is 1. The molecule has 1 unspecified atom stereocenters. The Bertz CT molecular complexity index is 827. The van der Waals surface area contributed by atoms with Crippen LogP contribution < -0.4 is 0 Å². The average Bonchev–Trinajstić information content (AvgIpc) is 2.78. The van der Waals surface area contributed by atoms with E-state index < -0.39 is 0 Å². The zero-order chi connectivity index (χ0) is 15.1. The van der Waals surface area contributed by atoms with Gasteiger partial charge in [0.05, 0.1) is 20.9 Å². The Morgan fingerprint density at radius 1 is 1.29 bits per heavy atom. The standard InChI is InChI=1S/C16H13BrClFN2/c1-9-4-3-5-11(6-9)21-15-7-12(17)13(19)8-14(15)20-16(21)10(2)18/h3-8,10H,1-2H3. The van der Waals surface area contributed by atoms with Crippen LogP contribution in [0.15, 0.2) is 40.9 Å². The lowest BCUT2D eigenvalue weighted by Crippen LogP contribution is -2.02. The van der Waals surface area contributed by atoms with Crippen molar-refractivity contribution in [3.8, 4) is 5.69 Å². The largest absolute Gasteiger partial charge is 0.295 e. The quantitative estimate of drug-likeness (QED) is 0.544. The van der Waals surface area contributed by atoms with Crippen molar-refractivity contribution >= 4 is 38.6 Å². The molecular weight excluding hydrogens is 355 g/mol. The fraction of sp³-hybridized carbons (Fsp3) is 0.188. The second-order valence-electron chi connectivity index (χ2n) is 5.02. The van der Waals surface area contributed by atoms with Gasteiger partial charge >= 0.3 is 0 Å². The molecule has 0 bridgehead atoms.